The van der Waals surface area contributed by atoms with Crippen molar-refractivity contribution in [3.8, 4) is 0 Å². The van der Waals surface area contributed by atoms with Crippen LogP contribution in [0.3, 0.4) is 0 Å². The van der Waals surface area contributed by atoms with Crippen LogP contribution in [0.15, 0.2) is 17.5 Å². The molecule has 0 fully saturated rings. The molecule has 13 heavy (non-hydrogen) atoms. The molecule has 1 atom stereocenters. The van der Waals surface area contributed by atoms with E-state index in [1.807, 2.05) is 24.4 Å². The first-order valence-electron chi connectivity index (χ1n) is 4.09. The summed E-state index contributed by atoms with van der Waals surface area (Å²) < 4.78 is 0. The van der Waals surface area contributed by atoms with Crippen molar-refractivity contribution >= 4 is 17.2 Å². The summed E-state index contributed by atoms with van der Waals surface area (Å²) in [5.74, 6) is -0.346. The lowest BCUT2D eigenvalue weighted by Gasteiger charge is -2.21. The van der Waals surface area contributed by atoms with Gasteiger partial charge in [-0.3, -0.25) is 4.79 Å². The average Bonchev–Trinajstić information content (AvgIpc) is 2.34. The van der Waals surface area contributed by atoms with Gasteiger partial charge < -0.3 is 11.5 Å². The van der Waals surface area contributed by atoms with Gasteiger partial charge in [-0.15, -0.1) is 11.3 Å². The third kappa shape index (κ3) is 3.57. The van der Waals surface area contributed by atoms with Gasteiger partial charge in [-0.25, -0.2) is 0 Å². The summed E-state index contributed by atoms with van der Waals surface area (Å²) in [4.78, 5) is 11.9. The summed E-state index contributed by atoms with van der Waals surface area (Å²) >= 11 is 1.64. The molecule has 1 heterocycles. The molecular weight excluding hydrogens is 184 g/mol. The molecule has 0 saturated heterocycles. The molecule has 4 N–H and O–H groups in total. The molecule has 72 valence electrons. The highest BCUT2D eigenvalue weighted by Gasteiger charge is 2.21. The Hall–Kier alpha value is -0.870. The fourth-order valence-corrected chi connectivity index (χ4v) is 2.17. The Morgan fingerprint density at radius 1 is 1.69 bits per heavy atom. The number of hydrogen-bond donors (Lipinski definition) is 2. The lowest BCUT2D eigenvalue weighted by molar-refractivity contribution is -0.119. The van der Waals surface area contributed by atoms with E-state index < -0.39 is 5.54 Å². The van der Waals surface area contributed by atoms with E-state index in [4.69, 9.17) is 11.5 Å². The number of hydrogen-bond acceptors (Lipinski definition) is 3. The third-order valence-electron chi connectivity index (χ3n) is 1.74. The first-order chi connectivity index (χ1) is 5.99. The Kier molecular flexibility index (Phi) is 3.06. The van der Waals surface area contributed by atoms with E-state index in [-0.39, 0.29) is 12.3 Å². The van der Waals surface area contributed by atoms with Gasteiger partial charge in [-0.1, -0.05) is 6.07 Å². The number of rotatable bonds is 4. The minimum Gasteiger partial charge on any atom is -0.370 e. The smallest absolute Gasteiger partial charge is 0.219 e. The van der Waals surface area contributed by atoms with Crippen LogP contribution in [0.1, 0.15) is 18.2 Å². The van der Waals surface area contributed by atoms with Crippen molar-refractivity contribution in [3.05, 3.63) is 22.4 Å². The van der Waals surface area contributed by atoms with Gasteiger partial charge in [0.05, 0.1) is 0 Å². The van der Waals surface area contributed by atoms with Gasteiger partial charge in [0.1, 0.15) is 0 Å². The number of carbonyl (C=O) groups is 1. The molecule has 1 amide bonds. The van der Waals surface area contributed by atoms with Gasteiger partial charge in [-0.2, -0.15) is 0 Å². The summed E-state index contributed by atoms with van der Waals surface area (Å²) in [5.41, 5.74) is 10.5. The molecule has 0 aromatic carbocycles. The summed E-state index contributed by atoms with van der Waals surface area (Å²) in [6, 6.07) is 3.98. The van der Waals surface area contributed by atoms with Crippen molar-refractivity contribution in [2.45, 2.75) is 25.3 Å². The van der Waals surface area contributed by atoms with Gasteiger partial charge >= 0.3 is 0 Å². The summed E-state index contributed by atoms with van der Waals surface area (Å²) in [7, 11) is 0. The standard InChI is InChI=1S/C9H14N2OS/c1-9(11,6-8(10)12)5-7-3-2-4-13-7/h2-4H,5-6,11H2,1H3,(H2,10,12). The summed E-state index contributed by atoms with van der Waals surface area (Å²) in [6.45, 7) is 1.84. The Bertz CT molecular complexity index is 280. The van der Waals surface area contributed by atoms with Gasteiger partial charge in [0, 0.05) is 16.8 Å². The topological polar surface area (TPSA) is 69.1 Å². The van der Waals surface area contributed by atoms with Crippen LogP contribution in [0, 0.1) is 0 Å². The molecule has 3 nitrogen and oxygen atoms in total. The molecule has 4 heteroatoms. The van der Waals surface area contributed by atoms with Crippen LogP contribution in [0.5, 0.6) is 0 Å². The van der Waals surface area contributed by atoms with Crippen LogP contribution < -0.4 is 11.5 Å². The zero-order valence-corrected chi connectivity index (χ0v) is 8.43. The summed E-state index contributed by atoms with van der Waals surface area (Å²) in [5, 5.41) is 2.00. The first kappa shape index (κ1) is 10.2. The number of nitrogens with two attached hydrogens (primary N) is 2. The van der Waals surface area contributed by atoms with Gasteiger partial charge in [0.2, 0.25) is 5.91 Å². The van der Waals surface area contributed by atoms with E-state index in [9.17, 15) is 4.79 Å². The Morgan fingerprint density at radius 3 is 2.85 bits per heavy atom. The van der Waals surface area contributed by atoms with Crippen molar-refractivity contribution < 1.29 is 4.79 Å². The Labute approximate surface area is 81.7 Å². The predicted octanol–water partition coefficient (Wildman–Crippen LogP) is 0.883. The predicted molar refractivity (Wildman–Crippen MR) is 54.4 cm³/mol. The molecule has 0 saturated carbocycles. The molecule has 1 unspecified atom stereocenters. The van der Waals surface area contributed by atoms with Gasteiger partial charge in [0.25, 0.3) is 0 Å². The van der Waals surface area contributed by atoms with E-state index in [1.54, 1.807) is 11.3 Å². The van der Waals surface area contributed by atoms with E-state index in [0.29, 0.717) is 6.42 Å². The minimum absolute atomic E-state index is 0.227. The van der Waals surface area contributed by atoms with E-state index in [0.717, 1.165) is 0 Å². The average molecular weight is 198 g/mol. The minimum atomic E-state index is -0.517. The molecule has 1 aromatic rings. The number of carbonyl (C=O) groups excluding carboxylic acids is 1. The molecule has 1 rings (SSSR count). The zero-order chi connectivity index (χ0) is 9.90. The van der Waals surface area contributed by atoms with Crippen LogP contribution >= 0.6 is 11.3 Å². The second-order valence-electron chi connectivity index (χ2n) is 3.55. The highest BCUT2D eigenvalue weighted by Crippen LogP contribution is 2.17. The van der Waals surface area contributed by atoms with Crippen molar-refractivity contribution in [2.75, 3.05) is 0 Å². The second-order valence-corrected chi connectivity index (χ2v) is 4.59. The number of thiophene rings is 1. The first-order valence-corrected chi connectivity index (χ1v) is 4.97. The quantitative estimate of drug-likeness (QED) is 0.754. The normalized spacial score (nSPS) is 15.2. The van der Waals surface area contributed by atoms with Crippen molar-refractivity contribution in [2.24, 2.45) is 11.5 Å². The number of primary amides is 1. The molecule has 1 aromatic heterocycles. The molecule has 0 aliphatic carbocycles. The molecule has 0 spiro atoms. The van der Waals surface area contributed by atoms with Crippen LogP contribution in [0.25, 0.3) is 0 Å². The van der Waals surface area contributed by atoms with E-state index in [2.05, 4.69) is 0 Å². The van der Waals surface area contributed by atoms with Crippen molar-refractivity contribution in [1.82, 2.24) is 0 Å². The maximum absolute atomic E-state index is 10.7. The van der Waals surface area contributed by atoms with Crippen LogP contribution in [-0.4, -0.2) is 11.4 Å². The Balaban J connectivity index is 2.56. The third-order valence-corrected chi connectivity index (χ3v) is 2.61. The Morgan fingerprint density at radius 2 is 2.38 bits per heavy atom. The maximum atomic E-state index is 10.7. The molecule has 0 bridgehead atoms. The zero-order valence-electron chi connectivity index (χ0n) is 7.62. The van der Waals surface area contributed by atoms with Gasteiger partial charge in [-0.05, 0) is 24.8 Å². The van der Waals surface area contributed by atoms with E-state index >= 15 is 0 Å². The van der Waals surface area contributed by atoms with E-state index in [1.165, 1.54) is 4.88 Å². The second kappa shape index (κ2) is 3.89. The monoisotopic (exact) mass is 198 g/mol. The molecular formula is C9H14N2OS. The molecule has 0 aliphatic rings. The lowest BCUT2D eigenvalue weighted by atomic mass is 9.94. The fourth-order valence-electron chi connectivity index (χ4n) is 1.27. The van der Waals surface area contributed by atoms with Crippen molar-refractivity contribution in [3.63, 3.8) is 0 Å². The molecule has 0 aliphatic heterocycles. The van der Waals surface area contributed by atoms with Crippen molar-refractivity contribution in [1.29, 1.82) is 0 Å². The summed E-state index contributed by atoms with van der Waals surface area (Å²) in [6.07, 6.45) is 0.929. The van der Waals surface area contributed by atoms with Crippen LogP contribution in [0.2, 0.25) is 0 Å². The van der Waals surface area contributed by atoms with Crippen LogP contribution in [0.4, 0.5) is 0 Å². The fraction of sp³-hybridized carbons (Fsp3) is 0.444. The largest absolute Gasteiger partial charge is 0.370 e. The highest BCUT2D eigenvalue weighted by molar-refractivity contribution is 7.09. The SMILES string of the molecule is CC(N)(CC(N)=O)Cc1cccs1. The van der Waals surface area contributed by atoms with Crippen LogP contribution in [-0.2, 0) is 11.2 Å². The number of amides is 1. The van der Waals surface area contributed by atoms with Gasteiger partial charge in [0.15, 0.2) is 0 Å². The maximum Gasteiger partial charge on any atom is 0.219 e. The molecule has 0 radical (unpaired) electrons. The lowest BCUT2D eigenvalue weighted by Crippen LogP contribution is -2.42. The highest BCUT2D eigenvalue weighted by atomic mass is 32.1.